The second kappa shape index (κ2) is 9.29. The molecule has 3 aliphatic rings. The zero-order valence-corrected chi connectivity index (χ0v) is 21.8. The van der Waals surface area contributed by atoms with Gasteiger partial charge in [0.25, 0.3) is 5.92 Å². The number of likely N-dealkylation sites (tertiary alicyclic amines) is 1. The fourth-order valence-corrected chi connectivity index (χ4v) is 5.74. The van der Waals surface area contributed by atoms with Crippen molar-refractivity contribution in [3.8, 4) is 11.4 Å². The van der Waals surface area contributed by atoms with Gasteiger partial charge in [0.2, 0.25) is 5.91 Å². The number of pyridine rings is 2. The molecule has 4 aromatic heterocycles. The van der Waals surface area contributed by atoms with Crippen LogP contribution in [0.5, 0.6) is 0 Å². The van der Waals surface area contributed by atoms with Gasteiger partial charge in [0.1, 0.15) is 5.52 Å². The van der Waals surface area contributed by atoms with E-state index in [4.69, 9.17) is 9.21 Å². The van der Waals surface area contributed by atoms with E-state index < -0.39 is 12.9 Å². The first-order chi connectivity index (χ1) is 20.4. The SMILES string of the molecule is [2H]C([2H])([2H])Nc1ncc(-c2nc3ccc(N4CCC(N5CC(F)(F)C5)CC4)cn3n2)c2cc(NC(=O)[C@H]3C[C@H]3C)nnc12. The van der Waals surface area contributed by atoms with E-state index >= 15 is 0 Å². The second-order valence-corrected chi connectivity index (χ2v) is 11.1. The Bertz CT molecular complexity index is 1710. The smallest absolute Gasteiger partial charge is 0.272 e. The molecule has 0 spiro atoms. The van der Waals surface area contributed by atoms with E-state index in [0.717, 1.165) is 38.0 Å². The van der Waals surface area contributed by atoms with Crippen LogP contribution in [0.2, 0.25) is 0 Å². The summed E-state index contributed by atoms with van der Waals surface area (Å²) in [5.74, 6) is -1.84. The Morgan fingerprint density at radius 3 is 2.73 bits per heavy atom. The molecule has 1 amide bonds. The monoisotopic (exact) mass is 551 g/mol. The topological polar surface area (TPSA) is 116 Å². The largest absolute Gasteiger partial charge is 0.371 e. The zero-order valence-electron chi connectivity index (χ0n) is 24.8. The summed E-state index contributed by atoms with van der Waals surface area (Å²) in [4.78, 5) is 25.6. The third kappa shape index (κ3) is 4.47. The van der Waals surface area contributed by atoms with Crippen molar-refractivity contribution in [2.45, 2.75) is 38.2 Å². The number of nitrogens with zero attached hydrogens (tertiary/aromatic N) is 8. The Morgan fingerprint density at radius 1 is 1.20 bits per heavy atom. The average Bonchev–Trinajstić information content (AvgIpc) is 3.53. The van der Waals surface area contributed by atoms with Crippen LogP contribution in [-0.4, -0.2) is 85.7 Å². The standard InChI is InChI=1S/C27H30F2N10O/c1-15-9-18(15)26(40)32-21-10-19-20(11-31-25(30-2)23(19)35-34-21)24-33-22-4-3-17(12-39(22)36-24)37-7-5-16(6-8-37)38-13-27(28,29)14-38/h3-4,10-12,15-16,18H,5-9,13-14H2,1-2H3,(H,30,31)(H,32,34,40)/t15-,18+/m1/s1/i2D3. The number of nitrogens with one attached hydrogen (secondary N) is 2. The lowest BCUT2D eigenvalue weighted by Crippen LogP contribution is -2.61. The number of amides is 1. The third-order valence-corrected chi connectivity index (χ3v) is 8.22. The quantitative estimate of drug-likeness (QED) is 0.372. The number of rotatable bonds is 6. The molecular formula is C27H30F2N10O. The molecule has 208 valence electrons. The summed E-state index contributed by atoms with van der Waals surface area (Å²) in [7, 11) is 0. The van der Waals surface area contributed by atoms with E-state index in [1.807, 2.05) is 30.2 Å². The highest BCUT2D eigenvalue weighted by atomic mass is 19.3. The van der Waals surface area contributed by atoms with Gasteiger partial charge in [0, 0.05) is 53.3 Å². The van der Waals surface area contributed by atoms with Crippen molar-refractivity contribution in [3.63, 3.8) is 0 Å². The summed E-state index contributed by atoms with van der Waals surface area (Å²) < 4.78 is 51.2. The lowest BCUT2D eigenvalue weighted by molar-refractivity contribution is -0.148. The number of alkyl halides is 2. The van der Waals surface area contributed by atoms with Gasteiger partial charge in [-0.05, 0) is 43.4 Å². The molecule has 3 fully saturated rings. The number of piperidine rings is 1. The lowest BCUT2D eigenvalue weighted by atomic mass is 9.98. The minimum Gasteiger partial charge on any atom is -0.371 e. The molecule has 2 N–H and O–H groups in total. The normalized spacial score (nSPS) is 24.3. The maximum Gasteiger partial charge on any atom is 0.272 e. The predicted octanol–water partition coefficient (Wildman–Crippen LogP) is 3.29. The molecule has 1 saturated carbocycles. The molecule has 0 unspecified atom stereocenters. The number of fused-ring (bicyclic) bond motifs is 2. The Morgan fingerprint density at radius 2 is 2.00 bits per heavy atom. The van der Waals surface area contributed by atoms with E-state index in [1.165, 1.54) is 6.20 Å². The third-order valence-electron chi connectivity index (χ3n) is 8.22. The molecule has 6 heterocycles. The van der Waals surface area contributed by atoms with Crippen molar-refractivity contribution >= 4 is 39.8 Å². The van der Waals surface area contributed by atoms with Crippen molar-refractivity contribution in [3.05, 3.63) is 30.6 Å². The molecule has 11 nitrogen and oxygen atoms in total. The first-order valence-corrected chi connectivity index (χ1v) is 13.4. The predicted molar refractivity (Wildman–Crippen MR) is 147 cm³/mol. The van der Waals surface area contributed by atoms with Gasteiger partial charge in [-0.15, -0.1) is 15.3 Å². The number of carbonyl (C=O) groups excluding carboxylic acids is 1. The maximum absolute atomic E-state index is 13.3. The Labute approximate surface area is 233 Å². The fraction of sp³-hybridized carbons (Fsp3) is 0.481. The number of carbonyl (C=O) groups is 1. The lowest BCUT2D eigenvalue weighted by Gasteiger charge is -2.47. The molecule has 7 rings (SSSR count). The molecule has 2 aliphatic heterocycles. The number of hydrogen-bond donors (Lipinski definition) is 2. The van der Waals surface area contributed by atoms with E-state index in [0.29, 0.717) is 28.3 Å². The van der Waals surface area contributed by atoms with Crippen molar-refractivity contribution in [1.82, 2.24) is 34.7 Å². The first kappa shape index (κ1) is 21.8. The molecule has 2 atom stereocenters. The average molecular weight is 552 g/mol. The van der Waals surface area contributed by atoms with Crippen molar-refractivity contribution in [1.29, 1.82) is 0 Å². The maximum atomic E-state index is 13.3. The van der Waals surface area contributed by atoms with E-state index in [-0.39, 0.29) is 48.1 Å². The Kier molecular flexibility index (Phi) is 5.06. The second-order valence-electron chi connectivity index (χ2n) is 11.1. The highest BCUT2D eigenvalue weighted by molar-refractivity contribution is 6.01. The van der Waals surface area contributed by atoms with Crippen LogP contribution in [0.1, 0.15) is 30.3 Å². The number of aromatic nitrogens is 6. The van der Waals surface area contributed by atoms with Gasteiger partial charge in [-0.25, -0.2) is 23.3 Å². The molecular weight excluding hydrogens is 518 g/mol. The number of anilines is 3. The van der Waals surface area contributed by atoms with E-state index in [9.17, 15) is 13.6 Å². The minimum atomic E-state index is -2.56. The van der Waals surface area contributed by atoms with Gasteiger partial charge in [-0.2, -0.15) is 0 Å². The molecule has 0 aromatic carbocycles. The number of hydrogen-bond acceptors (Lipinski definition) is 9. The van der Waals surface area contributed by atoms with Crippen molar-refractivity contribution < 1.29 is 17.7 Å². The van der Waals surface area contributed by atoms with Crippen LogP contribution < -0.4 is 15.5 Å². The molecule has 40 heavy (non-hydrogen) atoms. The van der Waals surface area contributed by atoms with Crippen LogP contribution in [0.4, 0.5) is 26.1 Å². The van der Waals surface area contributed by atoms with Gasteiger partial charge in [-0.3, -0.25) is 9.69 Å². The molecule has 1 aliphatic carbocycles. The summed E-state index contributed by atoms with van der Waals surface area (Å²) in [6.45, 7) is 0.692. The summed E-state index contributed by atoms with van der Waals surface area (Å²) in [5.41, 5.74) is 2.23. The van der Waals surface area contributed by atoms with Gasteiger partial charge in [0.05, 0.1) is 25.0 Å². The molecule has 13 heteroatoms. The van der Waals surface area contributed by atoms with Gasteiger partial charge in [-0.1, -0.05) is 6.92 Å². The highest BCUT2D eigenvalue weighted by Crippen LogP contribution is 2.39. The van der Waals surface area contributed by atoms with Crippen molar-refractivity contribution in [2.24, 2.45) is 11.8 Å². The molecule has 4 aromatic rings. The van der Waals surface area contributed by atoms with E-state index in [1.54, 1.807) is 10.6 Å². The highest BCUT2D eigenvalue weighted by Gasteiger charge is 2.47. The van der Waals surface area contributed by atoms with E-state index in [2.05, 4.69) is 35.7 Å². The summed E-state index contributed by atoms with van der Waals surface area (Å²) >= 11 is 0. The van der Waals surface area contributed by atoms with Crippen molar-refractivity contribution in [2.75, 3.05) is 48.7 Å². The number of halogens is 2. The Balaban J connectivity index is 1.17. The van der Waals surface area contributed by atoms with Crippen LogP contribution in [-0.2, 0) is 4.79 Å². The minimum absolute atomic E-state index is 0.0244. The van der Waals surface area contributed by atoms with Crippen LogP contribution in [0.3, 0.4) is 0 Å². The van der Waals surface area contributed by atoms with Gasteiger partial charge < -0.3 is 15.5 Å². The summed E-state index contributed by atoms with van der Waals surface area (Å²) in [5, 5.41) is 18.7. The zero-order chi connectivity index (χ0) is 30.1. The van der Waals surface area contributed by atoms with Crippen LogP contribution >= 0.6 is 0 Å². The summed E-state index contributed by atoms with van der Waals surface area (Å²) in [6, 6.07) is 5.62. The fourth-order valence-electron chi connectivity index (χ4n) is 5.74. The summed E-state index contributed by atoms with van der Waals surface area (Å²) in [6.07, 6.45) is 5.80. The molecule has 0 radical (unpaired) electrons. The van der Waals surface area contributed by atoms with Crippen LogP contribution in [0, 0.1) is 11.8 Å². The van der Waals surface area contributed by atoms with Crippen LogP contribution in [0.15, 0.2) is 30.6 Å². The van der Waals surface area contributed by atoms with Crippen LogP contribution in [0.25, 0.3) is 27.9 Å². The van der Waals surface area contributed by atoms with Gasteiger partial charge in [0.15, 0.2) is 23.1 Å². The first-order valence-electron chi connectivity index (χ1n) is 14.9. The Hall–Kier alpha value is -4.00. The van der Waals surface area contributed by atoms with Gasteiger partial charge >= 0.3 is 0 Å². The molecule has 2 saturated heterocycles. The molecule has 0 bridgehead atoms.